The first-order valence-electron chi connectivity index (χ1n) is 9.95. The molecular formula is C25H29N3. The molecule has 0 saturated heterocycles. The molecule has 0 spiro atoms. The number of hydrogen-bond donors (Lipinski definition) is 0. The number of aliphatic imine (C=N–C) groups is 1. The van der Waals surface area contributed by atoms with Crippen molar-refractivity contribution in [1.82, 2.24) is 9.97 Å². The lowest BCUT2D eigenvalue weighted by atomic mass is 10.0. The van der Waals surface area contributed by atoms with Crippen LogP contribution >= 0.6 is 0 Å². The van der Waals surface area contributed by atoms with Gasteiger partial charge in [-0.1, -0.05) is 48.0 Å². The van der Waals surface area contributed by atoms with E-state index in [4.69, 9.17) is 4.98 Å². The highest BCUT2D eigenvalue weighted by atomic mass is 14.9. The summed E-state index contributed by atoms with van der Waals surface area (Å²) in [5.74, 6) is 0.921. The lowest BCUT2D eigenvalue weighted by Gasteiger charge is -2.07. The number of rotatable bonds is 7. The van der Waals surface area contributed by atoms with E-state index >= 15 is 0 Å². The summed E-state index contributed by atoms with van der Waals surface area (Å²) >= 11 is 0. The van der Waals surface area contributed by atoms with Crippen LogP contribution in [0.3, 0.4) is 0 Å². The molecular weight excluding hydrogens is 342 g/mol. The topological polar surface area (TPSA) is 38.1 Å². The largest absolute Gasteiger partial charge is 0.286 e. The molecule has 1 heterocycles. The van der Waals surface area contributed by atoms with Crippen LogP contribution in [0.2, 0.25) is 0 Å². The molecule has 0 aliphatic rings. The highest BCUT2D eigenvalue weighted by Gasteiger charge is 2.04. The summed E-state index contributed by atoms with van der Waals surface area (Å²) in [5, 5.41) is 0. The Hall–Kier alpha value is -2.81. The molecule has 0 atom stereocenters. The SMILES string of the molecule is Cc1cccc(C=NCc2cc(C)nc(CCCc3ccc(C)c(C)c3)n2)c1. The minimum atomic E-state index is 0.585. The fraction of sp³-hybridized carbons (Fsp3) is 0.320. The molecule has 3 nitrogen and oxygen atoms in total. The third-order valence-electron chi connectivity index (χ3n) is 4.93. The van der Waals surface area contributed by atoms with Crippen molar-refractivity contribution in [2.45, 2.75) is 53.5 Å². The van der Waals surface area contributed by atoms with Gasteiger partial charge in [-0.3, -0.25) is 4.99 Å². The third kappa shape index (κ3) is 5.85. The summed E-state index contributed by atoms with van der Waals surface area (Å²) in [5.41, 5.74) is 8.46. The molecule has 144 valence electrons. The van der Waals surface area contributed by atoms with Gasteiger partial charge in [0.15, 0.2) is 0 Å². The fourth-order valence-electron chi connectivity index (χ4n) is 3.30. The minimum Gasteiger partial charge on any atom is -0.286 e. The van der Waals surface area contributed by atoms with Crippen LogP contribution in [0, 0.1) is 27.7 Å². The van der Waals surface area contributed by atoms with Crippen LogP contribution in [0.15, 0.2) is 53.5 Å². The summed E-state index contributed by atoms with van der Waals surface area (Å²) < 4.78 is 0. The van der Waals surface area contributed by atoms with E-state index in [9.17, 15) is 0 Å². The lowest BCUT2D eigenvalue weighted by molar-refractivity contribution is 0.752. The Balaban J connectivity index is 1.58. The Morgan fingerprint density at radius 3 is 2.50 bits per heavy atom. The summed E-state index contributed by atoms with van der Waals surface area (Å²) in [7, 11) is 0. The van der Waals surface area contributed by atoms with Crippen molar-refractivity contribution in [2.24, 2.45) is 4.99 Å². The van der Waals surface area contributed by atoms with Crippen LogP contribution in [0.1, 0.15) is 51.5 Å². The van der Waals surface area contributed by atoms with Crippen molar-refractivity contribution in [3.8, 4) is 0 Å². The highest BCUT2D eigenvalue weighted by Crippen LogP contribution is 2.13. The van der Waals surface area contributed by atoms with E-state index in [1.54, 1.807) is 0 Å². The maximum absolute atomic E-state index is 4.72. The molecule has 0 amide bonds. The summed E-state index contributed by atoms with van der Waals surface area (Å²) in [6.07, 6.45) is 4.92. The summed E-state index contributed by atoms with van der Waals surface area (Å²) in [4.78, 5) is 13.9. The monoisotopic (exact) mass is 371 g/mol. The maximum Gasteiger partial charge on any atom is 0.128 e. The zero-order valence-corrected chi connectivity index (χ0v) is 17.4. The average Bonchev–Trinajstić information content (AvgIpc) is 2.64. The Kier molecular flexibility index (Phi) is 6.70. The fourth-order valence-corrected chi connectivity index (χ4v) is 3.30. The van der Waals surface area contributed by atoms with E-state index in [2.05, 4.69) is 73.2 Å². The maximum atomic E-state index is 4.72. The summed E-state index contributed by atoms with van der Waals surface area (Å²) in [6, 6.07) is 17.1. The minimum absolute atomic E-state index is 0.585. The van der Waals surface area contributed by atoms with Crippen molar-refractivity contribution in [1.29, 1.82) is 0 Å². The van der Waals surface area contributed by atoms with E-state index in [0.29, 0.717) is 6.54 Å². The Bertz CT molecular complexity index is 973. The smallest absolute Gasteiger partial charge is 0.128 e. The van der Waals surface area contributed by atoms with Gasteiger partial charge in [0, 0.05) is 18.3 Å². The normalized spacial score (nSPS) is 11.3. The number of aryl methyl sites for hydroxylation is 6. The van der Waals surface area contributed by atoms with Gasteiger partial charge in [0.1, 0.15) is 5.82 Å². The molecule has 0 aliphatic heterocycles. The first-order chi connectivity index (χ1) is 13.5. The molecule has 3 aromatic rings. The van der Waals surface area contributed by atoms with Crippen LogP contribution in [0.4, 0.5) is 0 Å². The first kappa shape index (κ1) is 19.9. The van der Waals surface area contributed by atoms with Crippen molar-refractivity contribution in [3.05, 3.63) is 93.6 Å². The quantitative estimate of drug-likeness (QED) is 0.514. The number of aromatic nitrogens is 2. The molecule has 1 aromatic heterocycles. The number of nitrogens with zero attached hydrogens (tertiary/aromatic N) is 3. The Labute approximate surface area is 168 Å². The summed E-state index contributed by atoms with van der Waals surface area (Å²) in [6.45, 7) is 9.04. The third-order valence-corrected chi connectivity index (χ3v) is 4.93. The van der Waals surface area contributed by atoms with Gasteiger partial charge in [0.25, 0.3) is 0 Å². The van der Waals surface area contributed by atoms with E-state index in [1.165, 1.54) is 22.3 Å². The molecule has 0 aliphatic carbocycles. The zero-order valence-electron chi connectivity index (χ0n) is 17.4. The molecule has 3 heteroatoms. The van der Waals surface area contributed by atoms with Crippen molar-refractivity contribution >= 4 is 6.21 Å². The van der Waals surface area contributed by atoms with E-state index in [1.807, 2.05) is 19.2 Å². The van der Waals surface area contributed by atoms with Gasteiger partial charge in [0.2, 0.25) is 0 Å². The van der Waals surface area contributed by atoms with E-state index in [0.717, 1.165) is 42.0 Å². The molecule has 0 radical (unpaired) electrons. The van der Waals surface area contributed by atoms with Crippen molar-refractivity contribution in [2.75, 3.05) is 0 Å². The second kappa shape index (κ2) is 9.41. The van der Waals surface area contributed by atoms with Gasteiger partial charge < -0.3 is 0 Å². The zero-order chi connectivity index (χ0) is 19.9. The van der Waals surface area contributed by atoms with Gasteiger partial charge >= 0.3 is 0 Å². The predicted molar refractivity (Wildman–Crippen MR) is 117 cm³/mol. The average molecular weight is 372 g/mol. The van der Waals surface area contributed by atoms with Crippen LogP contribution < -0.4 is 0 Å². The van der Waals surface area contributed by atoms with Gasteiger partial charge in [-0.2, -0.15) is 0 Å². The van der Waals surface area contributed by atoms with E-state index < -0.39 is 0 Å². The van der Waals surface area contributed by atoms with Crippen molar-refractivity contribution < 1.29 is 0 Å². The van der Waals surface area contributed by atoms with Crippen molar-refractivity contribution in [3.63, 3.8) is 0 Å². The Morgan fingerprint density at radius 1 is 0.857 bits per heavy atom. The second-order valence-electron chi connectivity index (χ2n) is 7.57. The van der Waals surface area contributed by atoms with Gasteiger partial charge in [-0.25, -0.2) is 9.97 Å². The molecule has 3 rings (SSSR count). The van der Waals surface area contributed by atoms with Gasteiger partial charge in [-0.05, 0) is 68.9 Å². The molecule has 0 bridgehead atoms. The van der Waals surface area contributed by atoms with Crippen LogP contribution in [-0.4, -0.2) is 16.2 Å². The van der Waals surface area contributed by atoms with Crippen LogP contribution in [0.25, 0.3) is 0 Å². The lowest BCUT2D eigenvalue weighted by Crippen LogP contribution is -2.02. The molecule has 0 N–H and O–H groups in total. The van der Waals surface area contributed by atoms with E-state index in [-0.39, 0.29) is 0 Å². The van der Waals surface area contributed by atoms with Crippen LogP contribution in [-0.2, 0) is 19.4 Å². The standard InChI is InChI=1S/C25H29N3/c1-18-7-5-9-23(13-18)16-26-17-24-15-21(4)27-25(28-24)10-6-8-22-12-11-19(2)20(3)14-22/h5,7,9,11-16H,6,8,10,17H2,1-4H3. The number of hydrogen-bond acceptors (Lipinski definition) is 3. The highest BCUT2D eigenvalue weighted by molar-refractivity contribution is 5.79. The van der Waals surface area contributed by atoms with Gasteiger partial charge in [0.05, 0.1) is 12.2 Å². The molecule has 28 heavy (non-hydrogen) atoms. The first-order valence-corrected chi connectivity index (χ1v) is 9.95. The molecule has 0 saturated carbocycles. The Morgan fingerprint density at radius 2 is 1.71 bits per heavy atom. The second-order valence-corrected chi connectivity index (χ2v) is 7.57. The predicted octanol–water partition coefficient (Wildman–Crippen LogP) is 5.50. The van der Waals surface area contributed by atoms with Gasteiger partial charge in [-0.15, -0.1) is 0 Å². The molecule has 0 fully saturated rings. The van der Waals surface area contributed by atoms with Crippen LogP contribution in [0.5, 0.6) is 0 Å². The molecule has 2 aromatic carbocycles. The number of benzene rings is 2. The molecule has 0 unspecified atom stereocenters.